The van der Waals surface area contributed by atoms with E-state index in [-0.39, 0.29) is 5.97 Å². The Hall–Kier alpha value is -2.95. The number of benzene rings is 2. The largest absolute Gasteiger partial charge is 0.462 e. The Morgan fingerprint density at radius 1 is 1.09 bits per heavy atom. The molecule has 0 aliphatic rings. The van der Waals surface area contributed by atoms with E-state index in [9.17, 15) is 4.79 Å². The molecular formula is C18H17N3O2. The Balaban J connectivity index is 2.07. The fourth-order valence-corrected chi connectivity index (χ4v) is 2.42. The summed E-state index contributed by atoms with van der Waals surface area (Å²) < 4.78 is 5.12. The third-order valence-corrected chi connectivity index (χ3v) is 3.53. The molecule has 1 heterocycles. The lowest BCUT2D eigenvalue weighted by Crippen LogP contribution is -2.08. The molecule has 3 aromatic rings. The average Bonchev–Trinajstić information content (AvgIpc) is 2.58. The summed E-state index contributed by atoms with van der Waals surface area (Å²) in [5, 5.41) is 12.7. The minimum atomic E-state index is -0.348. The van der Waals surface area contributed by atoms with Crippen molar-refractivity contribution in [3.05, 3.63) is 59.8 Å². The Labute approximate surface area is 134 Å². The number of rotatable bonds is 4. The molecule has 0 fully saturated rings. The summed E-state index contributed by atoms with van der Waals surface area (Å²) in [5.41, 5.74) is 3.59. The summed E-state index contributed by atoms with van der Waals surface area (Å²) in [7, 11) is 0. The number of anilines is 2. The molecule has 0 spiro atoms. The Bertz CT molecular complexity index is 862. The summed E-state index contributed by atoms with van der Waals surface area (Å²) >= 11 is 0. The zero-order valence-corrected chi connectivity index (χ0v) is 13.0. The zero-order valence-electron chi connectivity index (χ0n) is 13.0. The van der Waals surface area contributed by atoms with Gasteiger partial charge in [-0.2, -0.15) is 10.2 Å². The van der Waals surface area contributed by atoms with Gasteiger partial charge in [-0.15, -0.1) is 0 Å². The van der Waals surface area contributed by atoms with E-state index < -0.39 is 0 Å². The van der Waals surface area contributed by atoms with Crippen molar-refractivity contribution in [2.24, 2.45) is 0 Å². The zero-order chi connectivity index (χ0) is 16.2. The summed E-state index contributed by atoms with van der Waals surface area (Å²) in [6, 6.07) is 15.0. The number of carbonyl (C=O) groups is 1. The van der Waals surface area contributed by atoms with Crippen LogP contribution in [0.4, 0.5) is 11.4 Å². The van der Waals surface area contributed by atoms with Gasteiger partial charge >= 0.3 is 5.97 Å². The number of para-hydroxylation sites is 1. The lowest BCUT2D eigenvalue weighted by molar-refractivity contribution is 0.0527. The Morgan fingerprint density at radius 3 is 2.65 bits per heavy atom. The molecule has 2 aromatic carbocycles. The van der Waals surface area contributed by atoms with Crippen molar-refractivity contribution in [3.63, 3.8) is 0 Å². The van der Waals surface area contributed by atoms with E-state index in [0.717, 1.165) is 22.3 Å². The number of carbonyl (C=O) groups excluding carboxylic acids is 1. The van der Waals surface area contributed by atoms with Crippen molar-refractivity contribution < 1.29 is 9.53 Å². The first-order valence-electron chi connectivity index (χ1n) is 7.46. The van der Waals surface area contributed by atoms with Crippen LogP contribution >= 0.6 is 0 Å². The monoisotopic (exact) mass is 307 g/mol. The second-order valence-electron chi connectivity index (χ2n) is 5.07. The van der Waals surface area contributed by atoms with Crippen molar-refractivity contribution >= 4 is 28.2 Å². The standard InChI is InChI=1S/C18H17N3O2/c1-3-23-18(22)14-9-5-6-10-15(14)19-17-12(2)20-21-16-11-7-4-8-13(16)17/h4-11H,3H2,1-2H3,(H,19,21). The highest BCUT2D eigenvalue weighted by molar-refractivity contribution is 5.99. The second-order valence-corrected chi connectivity index (χ2v) is 5.07. The lowest BCUT2D eigenvalue weighted by atomic mass is 10.1. The maximum absolute atomic E-state index is 12.1. The number of fused-ring (bicyclic) bond motifs is 1. The first-order chi connectivity index (χ1) is 11.2. The van der Waals surface area contributed by atoms with Gasteiger partial charge in [-0.05, 0) is 32.0 Å². The van der Waals surface area contributed by atoms with Crippen molar-refractivity contribution in [3.8, 4) is 0 Å². The highest BCUT2D eigenvalue weighted by Gasteiger charge is 2.14. The van der Waals surface area contributed by atoms with Crippen LogP contribution < -0.4 is 5.32 Å². The summed E-state index contributed by atoms with van der Waals surface area (Å²) in [6.07, 6.45) is 0. The van der Waals surface area contributed by atoms with Gasteiger partial charge in [-0.25, -0.2) is 4.79 Å². The predicted molar refractivity (Wildman–Crippen MR) is 90.0 cm³/mol. The molecule has 0 amide bonds. The molecule has 116 valence electrons. The fraction of sp³-hybridized carbons (Fsp3) is 0.167. The van der Waals surface area contributed by atoms with Gasteiger partial charge < -0.3 is 10.1 Å². The van der Waals surface area contributed by atoms with Crippen LogP contribution in [0.2, 0.25) is 0 Å². The van der Waals surface area contributed by atoms with E-state index >= 15 is 0 Å². The number of hydrogen-bond donors (Lipinski definition) is 1. The maximum Gasteiger partial charge on any atom is 0.340 e. The minimum Gasteiger partial charge on any atom is -0.462 e. The molecule has 0 unspecified atom stereocenters. The van der Waals surface area contributed by atoms with Crippen LogP contribution in [0.5, 0.6) is 0 Å². The summed E-state index contributed by atoms with van der Waals surface area (Å²) in [6.45, 7) is 4.01. The van der Waals surface area contributed by atoms with E-state index in [1.165, 1.54) is 0 Å². The predicted octanol–water partition coefficient (Wildman–Crippen LogP) is 3.86. The van der Waals surface area contributed by atoms with Crippen LogP contribution in [0.3, 0.4) is 0 Å². The number of ether oxygens (including phenoxy) is 1. The van der Waals surface area contributed by atoms with Crippen molar-refractivity contribution in [1.29, 1.82) is 0 Å². The lowest BCUT2D eigenvalue weighted by Gasteiger charge is -2.14. The Kier molecular flexibility index (Phi) is 4.19. The normalized spacial score (nSPS) is 10.5. The molecule has 0 atom stereocenters. The SMILES string of the molecule is CCOC(=O)c1ccccc1Nc1c(C)nnc2ccccc12. The number of aryl methyl sites for hydroxylation is 1. The number of esters is 1. The first kappa shape index (κ1) is 15.0. The van der Waals surface area contributed by atoms with Crippen molar-refractivity contribution in [2.45, 2.75) is 13.8 Å². The molecule has 0 bridgehead atoms. The highest BCUT2D eigenvalue weighted by Crippen LogP contribution is 2.29. The number of aromatic nitrogens is 2. The first-order valence-corrected chi connectivity index (χ1v) is 7.46. The molecule has 5 nitrogen and oxygen atoms in total. The molecule has 23 heavy (non-hydrogen) atoms. The second kappa shape index (κ2) is 6.44. The van der Waals surface area contributed by atoms with E-state index in [1.807, 2.05) is 49.4 Å². The molecule has 0 saturated heterocycles. The molecular weight excluding hydrogens is 290 g/mol. The average molecular weight is 307 g/mol. The molecule has 1 N–H and O–H groups in total. The van der Waals surface area contributed by atoms with Crippen molar-refractivity contribution in [1.82, 2.24) is 10.2 Å². The van der Waals surface area contributed by atoms with Crippen LogP contribution in [0.1, 0.15) is 23.0 Å². The number of hydrogen-bond acceptors (Lipinski definition) is 5. The quantitative estimate of drug-likeness (QED) is 0.741. The smallest absolute Gasteiger partial charge is 0.340 e. The summed E-state index contributed by atoms with van der Waals surface area (Å²) in [5.74, 6) is -0.348. The molecule has 3 rings (SSSR count). The van der Waals surface area contributed by atoms with Gasteiger partial charge in [0, 0.05) is 5.39 Å². The van der Waals surface area contributed by atoms with Crippen LogP contribution in [0, 0.1) is 6.92 Å². The highest BCUT2D eigenvalue weighted by atomic mass is 16.5. The molecule has 1 aromatic heterocycles. The van der Waals surface area contributed by atoms with Gasteiger partial charge in [0.2, 0.25) is 0 Å². The number of nitrogens with one attached hydrogen (secondary N) is 1. The molecule has 0 saturated carbocycles. The van der Waals surface area contributed by atoms with Gasteiger partial charge in [-0.1, -0.05) is 30.3 Å². The number of nitrogens with zero attached hydrogens (tertiary/aromatic N) is 2. The fourth-order valence-electron chi connectivity index (χ4n) is 2.42. The third-order valence-electron chi connectivity index (χ3n) is 3.53. The maximum atomic E-state index is 12.1. The van der Waals surface area contributed by atoms with E-state index in [4.69, 9.17) is 4.74 Å². The Morgan fingerprint density at radius 2 is 1.83 bits per heavy atom. The van der Waals surface area contributed by atoms with Crippen LogP contribution in [-0.2, 0) is 4.74 Å². The van der Waals surface area contributed by atoms with Gasteiger partial charge in [0.15, 0.2) is 0 Å². The van der Waals surface area contributed by atoms with E-state index in [1.54, 1.807) is 13.0 Å². The minimum absolute atomic E-state index is 0.339. The van der Waals surface area contributed by atoms with Crippen molar-refractivity contribution in [2.75, 3.05) is 11.9 Å². The van der Waals surface area contributed by atoms with Crippen LogP contribution in [-0.4, -0.2) is 22.8 Å². The van der Waals surface area contributed by atoms with Gasteiger partial charge in [0.25, 0.3) is 0 Å². The molecule has 0 aliphatic heterocycles. The van der Waals surface area contributed by atoms with Gasteiger partial charge in [0.05, 0.1) is 34.8 Å². The molecule has 0 radical (unpaired) electrons. The van der Waals surface area contributed by atoms with Crippen LogP contribution in [0.15, 0.2) is 48.5 Å². The van der Waals surface area contributed by atoms with Gasteiger partial charge in [-0.3, -0.25) is 0 Å². The van der Waals surface area contributed by atoms with Gasteiger partial charge in [0.1, 0.15) is 0 Å². The third kappa shape index (κ3) is 2.99. The van der Waals surface area contributed by atoms with E-state index in [2.05, 4.69) is 15.5 Å². The summed E-state index contributed by atoms with van der Waals surface area (Å²) in [4.78, 5) is 12.1. The molecule has 0 aliphatic carbocycles. The van der Waals surface area contributed by atoms with Crippen LogP contribution in [0.25, 0.3) is 10.9 Å². The van der Waals surface area contributed by atoms with E-state index in [0.29, 0.717) is 17.9 Å². The topological polar surface area (TPSA) is 64.1 Å². The molecule has 5 heteroatoms.